The molecule has 1 aromatic carbocycles. The molecule has 2 nitrogen and oxygen atoms in total. The molecule has 0 aliphatic heterocycles. The highest BCUT2D eigenvalue weighted by Crippen LogP contribution is 2.31. The minimum Gasteiger partial charge on any atom is -0.389 e. The molecule has 0 spiro atoms. The van der Waals surface area contributed by atoms with Gasteiger partial charge < -0.3 is 10.0 Å². The standard InChI is InChI=1S/C15H22FNO/c1-6-9-17(15(3,4)5)14-8-7-12(16)10-13(14)11(2)18/h6-8,10-11,18H,1,9H2,2-5H3/t11-/m1/s1. The summed E-state index contributed by atoms with van der Waals surface area (Å²) in [7, 11) is 0. The van der Waals surface area contributed by atoms with E-state index in [1.807, 2.05) is 0 Å². The average Bonchev–Trinajstić information content (AvgIpc) is 2.24. The summed E-state index contributed by atoms with van der Waals surface area (Å²) < 4.78 is 13.3. The Hall–Kier alpha value is -1.35. The van der Waals surface area contributed by atoms with Crippen LogP contribution in [0.2, 0.25) is 0 Å². The van der Waals surface area contributed by atoms with Crippen LogP contribution in [0, 0.1) is 5.82 Å². The molecule has 0 saturated carbocycles. The molecule has 0 aliphatic rings. The molecule has 0 radical (unpaired) electrons. The van der Waals surface area contributed by atoms with Crippen molar-refractivity contribution < 1.29 is 9.50 Å². The quantitative estimate of drug-likeness (QED) is 0.825. The zero-order valence-electron chi connectivity index (χ0n) is 11.6. The first-order chi connectivity index (χ1) is 8.27. The van der Waals surface area contributed by atoms with E-state index in [1.54, 1.807) is 19.1 Å². The summed E-state index contributed by atoms with van der Waals surface area (Å²) in [4.78, 5) is 2.10. The molecular formula is C15H22FNO. The smallest absolute Gasteiger partial charge is 0.123 e. The van der Waals surface area contributed by atoms with Crippen LogP contribution in [0.3, 0.4) is 0 Å². The Kier molecular flexibility index (Phi) is 4.52. The Morgan fingerprint density at radius 1 is 1.44 bits per heavy atom. The van der Waals surface area contributed by atoms with Crippen LogP contribution < -0.4 is 4.90 Å². The predicted molar refractivity (Wildman–Crippen MR) is 74.3 cm³/mol. The first-order valence-electron chi connectivity index (χ1n) is 6.13. The molecule has 1 aromatic rings. The molecule has 0 heterocycles. The second-order valence-electron chi connectivity index (χ2n) is 5.45. The normalized spacial score (nSPS) is 13.2. The van der Waals surface area contributed by atoms with Crippen molar-refractivity contribution in [2.75, 3.05) is 11.4 Å². The first kappa shape index (κ1) is 14.7. The average molecular weight is 251 g/mol. The molecule has 0 amide bonds. The molecule has 100 valence electrons. The van der Waals surface area contributed by atoms with Gasteiger partial charge in [-0.05, 0) is 45.9 Å². The van der Waals surface area contributed by atoms with Gasteiger partial charge >= 0.3 is 0 Å². The van der Waals surface area contributed by atoms with Crippen LogP contribution >= 0.6 is 0 Å². The Morgan fingerprint density at radius 2 is 2.06 bits per heavy atom. The van der Waals surface area contributed by atoms with Gasteiger partial charge in [0.1, 0.15) is 5.82 Å². The van der Waals surface area contributed by atoms with Crippen molar-refractivity contribution in [2.45, 2.75) is 39.3 Å². The predicted octanol–water partition coefficient (Wildman–Crippen LogP) is 3.67. The lowest BCUT2D eigenvalue weighted by Gasteiger charge is -2.38. The molecule has 0 bridgehead atoms. The van der Waals surface area contributed by atoms with E-state index < -0.39 is 6.10 Å². The SMILES string of the molecule is C=CCN(c1ccc(F)cc1[C@@H](C)O)C(C)(C)C. The van der Waals surface area contributed by atoms with Crippen molar-refractivity contribution in [3.63, 3.8) is 0 Å². The number of hydrogen-bond acceptors (Lipinski definition) is 2. The second kappa shape index (κ2) is 5.53. The van der Waals surface area contributed by atoms with Crippen molar-refractivity contribution >= 4 is 5.69 Å². The minimum absolute atomic E-state index is 0.129. The fourth-order valence-corrected chi connectivity index (χ4v) is 1.97. The van der Waals surface area contributed by atoms with Crippen LogP contribution in [0.5, 0.6) is 0 Å². The van der Waals surface area contributed by atoms with E-state index in [4.69, 9.17) is 0 Å². The van der Waals surface area contributed by atoms with Crippen LogP contribution in [-0.2, 0) is 0 Å². The van der Waals surface area contributed by atoms with Crippen molar-refractivity contribution in [2.24, 2.45) is 0 Å². The van der Waals surface area contributed by atoms with Crippen LogP contribution in [0.15, 0.2) is 30.9 Å². The van der Waals surface area contributed by atoms with Crippen LogP contribution in [0.4, 0.5) is 10.1 Å². The second-order valence-corrected chi connectivity index (χ2v) is 5.45. The third-order valence-electron chi connectivity index (χ3n) is 2.85. The number of anilines is 1. The fourth-order valence-electron chi connectivity index (χ4n) is 1.97. The third kappa shape index (κ3) is 3.33. The summed E-state index contributed by atoms with van der Waals surface area (Å²) >= 11 is 0. The van der Waals surface area contributed by atoms with Gasteiger partial charge in [-0.1, -0.05) is 6.08 Å². The number of rotatable bonds is 4. The maximum absolute atomic E-state index is 13.3. The zero-order valence-corrected chi connectivity index (χ0v) is 11.6. The number of hydrogen-bond donors (Lipinski definition) is 1. The highest BCUT2D eigenvalue weighted by atomic mass is 19.1. The van der Waals surface area contributed by atoms with E-state index in [2.05, 4.69) is 32.3 Å². The number of halogens is 1. The number of aliphatic hydroxyl groups excluding tert-OH is 1. The topological polar surface area (TPSA) is 23.5 Å². The Balaban J connectivity index is 3.31. The van der Waals surface area contributed by atoms with Crippen molar-refractivity contribution in [1.29, 1.82) is 0 Å². The van der Waals surface area contributed by atoms with Crippen LogP contribution in [0.1, 0.15) is 39.4 Å². The molecule has 0 unspecified atom stereocenters. The molecule has 1 atom stereocenters. The van der Waals surface area contributed by atoms with Crippen LogP contribution in [-0.4, -0.2) is 17.2 Å². The maximum atomic E-state index is 13.3. The maximum Gasteiger partial charge on any atom is 0.123 e. The Morgan fingerprint density at radius 3 is 2.50 bits per heavy atom. The molecule has 0 fully saturated rings. The van der Waals surface area contributed by atoms with Gasteiger partial charge in [0, 0.05) is 23.3 Å². The van der Waals surface area contributed by atoms with E-state index >= 15 is 0 Å². The van der Waals surface area contributed by atoms with Crippen molar-refractivity contribution in [3.05, 3.63) is 42.2 Å². The summed E-state index contributed by atoms with van der Waals surface area (Å²) in [5.41, 5.74) is 1.32. The summed E-state index contributed by atoms with van der Waals surface area (Å²) in [6.45, 7) is 12.3. The van der Waals surface area contributed by atoms with E-state index in [0.29, 0.717) is 12.1 Å². The Labute approximate surface area is 109 Å². The third-order valence-corrected chi connectivity index (χ3v) is 2.85. The van der Waals surface area contributed by atoms with Gasteiger partial charge in [0.2, 0.25) is 0 Å². The van der Waals surface area contributed by atoms with E-state index in [0.717, 1.165) is 5.69 Å². The van der Waals surface area contributed by atoms with Gasteiger partial charge in [0.15, 0.2) is 0 Å². The van der Waals surface area contributed by atoms with E-state index in [1.165, 1.54) is 12.1 Å². The first-order valence-corrected chi connectivity index (χ1v) is 6.13. The largest absolute Gasteiger partial charge is 0.389 e. The highest BCUT2D eigenvalue weighted by Gasteiger charge is 2.24. The molecule has 0 saturated heterocycles. The summed E-state index contributed by atoms with van der Waals surface area (Å²) in [6.07, 6.45) is 1.10. The molecule has 3 heteroatoms. The van der Waals surface area contributed by atoms with Gasteiger partial charge in [0.05, 0.1) is 6.10 Å². The van der Waals surface area contributed by atoms with Gasteiger partial charge in [-0.25, -0.2) is 4.39 Å². The summed E-state index contributed by atoms with van der Waals surface area (Å²) in [5.74, 6) is -0.331. The number of benzene rings is 1. The zero-order chi connectivity index (χ0) is 13.9. The van der Waals surface area contributed by atoms with Crippen molar-refractivity contribution in [3.8, 4) is 0 Å². The van der Waals surface area contributed by atoms with Gasteiger partial charge in [0.25, 0.3) is 0 Å². The molecular weight excluding hydrogens is 229 g/mol. The number of nitrogens with zero attached hydrogens (tertiary/aromatic N) is 1. The summed E-state index contributed by atoms with van der Waals surface area (Å²) in [6, 6.07) is 4.52. The summed E-state index contributed by atoms with van der Waals surface area (Å²) in [5, 5.41) is 9.79. The monoisotopic (exact) mass is 251 g/mol. The van der Waals surface area contributed by atoms with Crippen LogP contribution in [0.25, 0.3) is 0 Å². The molecule has 0 aliphatic carbocycles. The highest BCUT2D eigenvalue weighted by molar-refractivity contribution is 5.57. The van der Waals surface area contributed by atoms with Gasteiger partial charge in [-0.3, -0.25) is 0 Å². The lowest BCUT2D eigenvalue weighted by Crippen LogP contribution is -2.42. The molecule has 1 N–H and O–H groups in total. The fraction of sp³-hybridized carbons (Fsp3) is 0.467. The van der Waals surface area contributed by atoms with Crippen molar-refractivity contribution in [1.82, 2.24) is 0 Å². The Bertz CT molecular complexity index is 421. The lowest BCUT2D eigenvalue weighted by molar-refractivity contribution is 0.199. The molecule has 1 rings (SSSR count). The number of aliphatic hydroxyl groups is 1. The lowest BCUT2D eigenvalue weighted by atomic mass is 10.0. The molecule has 18 heavy (non-hydrogen) atoms. The van der Waals surface area contributed by atoms with E-state index in [9.17, 15) is 9.50 Å². The molecule has 0 aromatic heterocycles. The van der Waals surface area contributed by atoms with Gasteiger partial charge in [-0.15, -0.1) is 6.58 Å². The minimum atomic E-state index is -0.703. The van der Waals surface area contributed by atoms with E-state index in [-0.39, 0.29) is 11.4 Å². The van der Waals surface area contributed by atoms with Gasteiger partial charge in [-0.2, -0.15) is 0 Å².